The summed E-state index contributed by atoms with van der Waals surface area (Å²) in [5.41, 5.74) is 7.51. The summed E-state index contributed by atoms with van der Waals surface area (Å²) in [5, 5.41) is 0. The van der Waals surface area contributed by atoms with Crippen LogP contribution >= 0.6 is 0 Å². The van der Waals surface area contributed by atoms with E-state index in [2.05, 4.69) is 4.98 Å². The van der Waals surface area contributed by atoms with Gasteiger partial charge >= 0.3 is 0 Å². The van der Waals surface area contributed by atoms with Crippen molar-refractivity contribution < 1.29 is 4.79 Å². The predicted octanol–water partition coefficient (Wildman–Crippen LogP) is 2.80. The quantitative estimate of drug-likeness (QED) is 0.939. The summed E-state index contributed by atoms with van der Waals surface area (Å²) >= 11 is 0. The zero-order chi connectivity index (χ0) is 16.9. The SMILES string of the molecule is CN(c1ccccc1)c1ccc(C(=O)N2CCCCC2CN)cn1. The minimum atomic E-state index is 0.0339. The molecular formula is C19H24N4O. The van der Waals surface area contributed by atoms with Gasteiger partial charge in [0, 0.05) is 38.1 Å². The molecule has 1 aliphatic rings. The molecule has 2 aromatic rings. The van der Waals surface area contributed by atoms with Crippen LogP contribution in [0.2, 0.25) is 0 Å². The lowest BCUT2D eigenvalue weighted by Crippen LogP contribution is -2.47. The number of likely N-dealkylation sites (tertiary alicyclic amines) is 1. The minimum absolute atomic E-state index is 0.0339. The zero-order valence-corrected chi connectivity index (χ0v) is 14.1. The number of aromatic nitrogens is 1. The van der Waals surface area contributed by atoms with E-state index in [-0.39, 0.29) is 11.9 Å². The van der Waals surface area contributed by atoms with E-state index < -0.39 is 0 Å². The summed E-state index contributed by atoms with van der Waals surface area (Å²) in [6, 6.07) is 13.9. The van der Waals surface area contributed by atoms with Crippen molar-refractivity contribution in [1.82, 2.24) is 9.88 Å². The fourth-order valence-corrected chi connectivity index (χ4v) is 3.17. The number of rotatable bonds is 4. The Kier molecular flexibility index (Phi) is 5.11. The van der Waals surface area contributed by atoms with Gasteiger partial charge in [0.15, 0.2) is 0 Å². The van der Waals surface area contributed by atoms with Crippen LogP contribution in [0.1, 0.15) is 29.6 Å². The van der Waals surface area contributed by atoms with E-state index in [4.69, 9.17) is 5.73 Å². The lowest BCUT2D eigenvalue weighted by molar-refractivity contribution is 0.0623. The second kappa shape index (κ2) is 7.45. The average Bonchev–Trinajstić information content (AvgIpc) is 2.67. The standard InChI is InChI=1S/C19H24N4O/c1-22(16-7-3-2-4-8-16)18-11-10-15(14-21-18)19(24)23-12-6-5-9-17(23)13-20/h2-4,7-8,10-11,14,17H,5-6,9,12-13,20H2,1H3. The van der Waals surface area contributed by atoms with Gasteiger partial charge in [-0.1, -0.05) is 18.2 Å². The molecule has 1 aromatic carbocycles. The number of carbonyl (C=O) groups excluding carboxylic acids is 1. The third kappa shape index (κ3) is 3.41. The minimum Gasteiger partial charge on any atom is -0.334 e. The smallest absolute Gasteiger partial charge is 0.255 e. The van der Waals surface area contributed by atoms with Gasteiger partial charge in [0.2, 0.25) is 0 Å². The molecular weight excluding hydrogens is 300 g/mol. The Hall–Kier alpha value is -2.40. The molecule has 3 rings (SSSR count). The van der Waals surface area contributed by atoms with Crippen LogP contribution in [0.15, 0.2) is 48.7 Å². The number of pyridine rings is 1. The number of hydrogen-bond acceptors (Lipinski definition) is 4. The first-order valence-corrected chi connectivity index (χ1v) is 8.46. The zero-order valence-electron chi connectivity index (χ0n) is 14.1. The van der Waals surface area contributed by atoms with Crippen molar-refractivity contribution in [3.05, 3.63) is 54.2 Å². The van der Waals surface area contributed by atoms with E-state index >= 15 is 0 Å². The number of amides is 1. The van der Waals surface area contributed by atoms with Gasteiger partial charge in [-0.05, 0) is 43.5 Å². The molecule has 1 saturated heterocycles. The van der Waals surface area contributed by atoms with Crippen molar-refractivity contribution >= 4 is 17.4 Å². The number of para-hydroxylation sites is 1. The van der Waals surface area contributed by atoms with Crippen molar-refractivity contribution in [3.63, 3.8) is 0 Å². The van der Waals surface area contributed by atoms with Gasteiger partial charge in [-0.3, -0.25) is 4.79 Å². The maximum absolute atomic E-state index is 12.7. The predicted molar refractivity (Wildman–Crippen MR) is 96.5 cm³/mol. The van der Waals surface area contributed by atoms with E-state index in [1.54, 1.807) is 6.20 Å². The lowest BCUT2D eigenvalue weighted by atomic mass is 10.0. The Balaban J connectivity index is 1.75. The molecule has 0 radical (unpaired) electrons. The van der Waals surface area contributed by atoms with Crippen LogP contribution < -0.4 is 10.6 Å². The topological polar surface area (TPSA) is 62.5 Å². The molecule has 1 aliphatic heterocycles. The van der Waals surface area contributed by atoms with Crippen molar-refractivity contribution in [3.8, 4) is 0 Å². The van der Waals surface area contributed by atoms with Crippen LogP contribution in [-0.4, -0.2) is 42.0 Å². The van der Waals surface area contributed by atoms with Crippen molar-refractivity contribution in [2.24, 2.45) is 5.73 Å². The number of hydrogen-bond donors (Lipinski definition) is 1. The molecule has 0 saturated carbocycles. The maximum atomic E-state index is 12.7. The second-order valence-corrected chi connectivity index (χ2v) is 6.18. The van der Waals surface area contributed by atoms with E-state index in [1.807, 2.05) is 59.3 Å². The molecule has 0 aliphatic carbocycles. The molecule has 2 N–H and O–H groups in total. The summed E-state index contributed by atoms with van der Waals surface area (Å²) in [6.45, 7) is 1.31. The number of piperidine rings is 1. The molecule has 5 heteroatoms. The van der Waals surface area contributed by atoms with Crippen LogP contribution in [0.3, 0.4) is 0 Å². The van der Waals surface area contributed by atoms with E-state index in [0.29, 0.717) is 12.1 Å². The number of nitrogens with two attached hydrogens (primary N) is 1. The largest absolute Gasteiger partial charge is 0.334 e. The van der Waals surface area contributed by atoms with E-state index in [1.165, 1.54) is 0 Å². The van der Waals surface area contributed by atoms with Crippen LogP contribution in [0.4, 0.5) is 11.5 Å². The highest BCUT2D eigenvalue weighted by atomic mass is 16.2. The van der Waals surface area contributed by atoms with Crippen LogP contribution in [-0.2, 0) is 0 Å². The van der Waals surface area contributed by atoms with Gasteiger partial charge < -0.3 is 15.5 Å². The molecule has 0 bridgehead atoms. The van der Waals surface area contributed by atoms with Crippen molar-refractivity contribution in [2.75, 3.05) is 25.0 Å². The van der Waals surface area contributed by atoms with Gasteiger partial charge in [0.05, 0.1) is 5.56 Å². The highest BCUT2D eigenvalue weighted by Crippen LogP contribution is 2.23. The molecule has 1 aromatic heterocycles. The van der Waals surface area contributed by atoms with Gasteiger partial charge in [-0.15, -0.1) is 0 Å². The van der Waals surface area contributed by atoms with Crippen LogP contribution in [0, 0.1) is 0 Å². The van der Waals surface area contributed by atoms with Crippen LogP contribution in [0.5, 0.6) is 0 Å². The van der Waals surface area contributed by atoms with Crippen LogP contribution in [0.25, 0.3) is 0 Å². The normalized spacial score (nSPS) is 17.6. The average molecular weight is 324 g/mol. The maximum Gasteiger partial charge on any atom is 0.255 e. The number of anilines is 2. The summed E-state index contributed by atoms with van der Waals surface area (Å²) in [5.74, 6) is 0.846. The molecule has 5 nitrogen and oxygen atoms in total. The van der Waals surface area contributed by atoms with Gasteiger partial charge in [0.1, 0.15) is 5.82 Å². The fourth-order valence-electron chi connectivity index (χ4n) is 3.17. The Morgan fingerprint density at radius 2 is 2.04 bits per heavy atom. The van der Waals surface area contributed by atoms with Gasteiger partial charge in [-0.25, -0.2) is 4.98 Å². The van der Waals surface area contributed by atoms with Gasteiger partial charge in [-0.2, -0.15) is 0 Å². The van der Waals surface area contributed by atoms with E-state index in [9.17, 15) is 4.79 Å². The van der Waals surface area contributed by atoms with Crippen molar-refractivity contribution in [2.45, 2.75) is 25.3 Å². The first-order chi connectivity index (χ1) is 11.7. The molecule has 0 spiro atoms. The third-order valence-electron chi connectivity index (χ3n) is 4.64. The molecule has 1 unspecified atom stereocenters. The molecule has 24 heavy (non-hydrogen) atoms. The Morgan fingerprint density at radius 3 is 2.71 bits per heavy atom. The molecule has 2 heterocycles. The Morgan fingerprint density at radius 1 is 1.25 bits per heavy atom. The lowest BCUT2D eigenvalue weighted by Gasteiger charge is -2.35. The number of nitrogens with zero attached hydrogens (tertiary/aromatic N) is 3. The van der Waals surface area contributed by atoms with Gasteiger partial charge in [0.25, 0.3) is 5.91 Å². The number of benzene rings is 1. The second-order valence-electron chi connectivity index (χ2n) is 6.18. The summed E-state index contributed by atoms with van der Waals surface area (Å²) in [7, 11) is 1.97. The Labute approximate surface area is 143 Å². The highest BCUT2D eigenvalue weighted by molar-refractivity contribution is 5.94. The summed E-state index contributed by atoms with van der Waals surface area (Å²) in [6.07, 6.45) is 4.85. The molecule has 1 amide bonds. The Bertz CT molecular complexity index is 672. The first-order valence-electron chi connectivity index (χ1n) is 8.46. The van der Waals surface area contributed by atoms with E-state index in [0.717, 1.165) is 37.3 Å². The monoisotopic (exact) mass is 324 g/mol. The highest BCUT2D eigenvalue weighted by Gasteiger charge is 2.26. The summed E-state index contributed by atoms with van der Waals surface area (Å²) in [4.78, 5) is 21.1. The molecule has 126 valence electrons. The third-order valence-corrected chi connectivity index (χ3v) is 4.64. The number of carbonyl (C=O) groups is 1. The molecule has 1 atom stereocenters. The fraction of sp³-hybridized carbons (Fsp3) is 0.368. The summed E-state index contributed by atoms with van der Waals surface area (Å²) < 4.78 is 0. The van der Waals surface area contributed by atoms with Crippen molar-refractivity contribution in [1.29, 1.82) is 0 Å². The molecule has 1 fully saturated rings. The first kappa shape index (κ1) is 16.5.